The molecule has 1 unspecified atom stereocenters. The van der Waals surface area contributed by atoms with Gasteiger partial charge < -0.3 is 9.73 Å². The molecule has 4 nitrogen and oxygen atoms in total. The van der Waals surface area contributed by atoms with E-state index >= 15 is 0 Å². The number of hydrogen-bond donors (Lipinski definition) is 1. The zero-order valence-electron chi connectivity index (χ0n) is 11.4. The van der Waals surface area contributed by atoms with Gasteiger partial charge in [-0.1, -0.05) is 29.8 Å². The lowest BCUT2D eigenvalue weighted by Crippen LogP contribution is -2.18. The Morgan fingerprint density at radius 1 is 1.24 bits per heavy atom. The maximum absolute atomic E-state index is 5.89. The van der Waals surface area contributed by atoms with E-state index in [0.717, 1.165) is 15.5 Å². The Morgan fingerprint density at radius 2 is 2.05 bits per heavy atom. The molecule has 1 aromatic carbocycles. The molecule has 0 saturated carbocycles. The summed E-state index contributed by atoms with van der Waals surface area (Å²) in [6, 6.07) is 11.9. The molecule has 1 N–H and O–H groups in total. The highest BCUT2D eigenvalue weighted by Crippen LogP contribution is 2.23. The van der Waals surface area contributed by atoms with Crippen LogP contribution in [-0.2, 0) is 6.54 Å². The highest BCUT2D eigenvalue weighted by molar-refractivity contribution is 7.13. The fraction of sp³-hybridized carbons (Fsp3) is 0.200. The summed E-state index contributed by atoms with van der Waals surface area (Å²) in [7, 11) is 0. The van der Waals surface area contributed by atoms with E-state index in [9.17, 15) is 0 Å². The SMILES string of the molecule is CC(NCc1nnc(-c2cccs2)o1)c1ccc(Cl)cc1. The Balaban J connectivity index is 1.61. The number of benzene rings is 1. The number of aromatic nitrogens is 2. The Hall–Kier alpha value is -1.69. The van der Waals surface area contributed by atoms with Crippen LogP contribution in [0.1, 0.15) is 24.4 Å². The van der Waals surface area contributed by atoms with Crippen molar-refractivity contribution in [3.05, 3.63) is 58.3 Å². The molecule has 0 radical (unpaired) electrons. The molecule has 0 aliphatic heterocycles. The van der Waals surface area contributed by atoms with Gasteiger partial charge in [0.15, 0.2) is 0 Å². The van der Waals surface area contributed by atoms with E-state index in [4.69, 9.17) is 16.0 Å². The Labute approximate surface area is 131 Å². The summed E-state index contributed by atoms with van der Waals surface area (Å²) < 4.78 is 5.64. The summed E-state index contributed by atoms with van der Waals surface area (Å²) in [6.07, 6.45) is 0. The molecule has 6 heteroatoms. The molecule has 108 valence electrons. The van der Waals surface area contributed by atoms with Crippen LogP contribution in [0.3, 0.4) is 0 Å². The van der Waals surface area contributed by atoms with Gasteiger partial charge in [0.05, 0.1) is 11.4 Å². The van der Waals surface area contributed by atoms with Gasteiger partial charge in [0.2, 0.25) is 5.89 Å². The number of thiophene rings is 1. The molecule has 3 aromatic rings. The average Bonchev–Trinajstić information content (AvgIpc) is 3.16. The van der Waals surface area contributed by atoms with E-state index < -0.39 is 0 Å². The number of halogens is 1. The first kappa shape index (κ1) is 14.3. The van der Waals surface area contributed by atoms with Crippen LogP contribution in [0.5, 0.6) is 0 Å². The molecule has 0 bridgehead atoms. The third-order valence-corrected chi connectivity index (χ3v) is 4.24. The standard InChI is InChI=1S/C15H14ClN3OS/c1-10(11-4-6-12(16)7-5-11)17-9-14-18-19-15(20-14)13-3-2-8-21-13/h2-8,10,17H,9H2,1H3. The minimum absolute atomic E-state index is 0.180. The minimum Gasteiger partial charge on any atom is -0.419 e. The fourth-order valence-corrected chi connectivity index (χ4v) is 2.70. The van der Waals surface area contributed by atoms with Gasteiger partial charge in [-0.25, -0.2) is 0 Å². The summed E-state index contributed by atoms with van der Waals surface area (Å²) in [5.74, 6) is 1.15. The molecule has 0 aliphatic rings. The molecule has 0 spiro atoms. The van der Waals surface area contributed by atoms with E-state index in [1.807, 2.05) is 41.8 Å². The first-order chi connectivity index (χ1) is 10.2. The molecule has 21 heavy (non-hydrogen) atoms. The zero-order chi connectivity index (χ0) is 14.7. The lowest BCUT2D eigenvalue weighted by Gasteiger charge is -2.12. The van der Waals surface area contributed by atoms with Crippen LogP contribution >= 0.6 is 22.9 Å². The molecule has 2 aromatic heterocycles. The van der Waals surface area contributed by atoms with Crippen molar-refractivity contribution in [3.63, 3.8) is 0 Å². The summed E-state index contributed by atoms with van der Waals surface area (Å²) in [5, 5.41) is 14.2. The fourth-order valence-electron chi connectivity index (χ4n) is 1.93. The zero-order valence-corrected chi connectivity index (χ0v) is 13.0. The van der Waals surface area contributed by atoms with E-state index in [0.29, 0.717) is 18.3 Å². The normalized spacial score (nSPS) is 12.5. The first-order valence-electron chi connectivity index (χ1n) is 6.57. The van der Waals surface area contributed by atoms with E-state index in [1.54, 1.807) is 11.3 Å². The van der Waals surface area contributed by atoms with E-state index in [1.165, 1.54) is 0 Å². The number of rotatable bonds is 5. The largest absolute Gasteiger partial charge is 0.419 e. The summed E-state index contributed by atoms with van der Waals surface area (Å²) in [6.45, 7) is 2.61. The van der Waals surface area contributed by atoms with Crippen molar-refractivity contribution in [1.29, 1.82) is 0 Å². The van der Waals surface area contributed by atoms with Crippen LogP contribution in [0, 0.1) is 0 Å². The molecule has 0 saturated heterocycles. The van der Waals surface area contributed by atoms with Crippen molar-refractivity contribution in [1.82, 2.24) is 15.5 Å². The Bertz CT molecular complexity index is 694. The number of hydrogen-bond acceptors (Lipinski definition) is 5. The van der Waals surface area contributed by atoms with Gasteiger partial charge in [0, 0.05) is 11.1 Å². The van der Waals surface area contributed by atoms with Crippen LogP contribution in [0.15, 0.2) is 46.2 Å². The van der Waals surface area contributed by atoms with Crippen molar-refractivity contribution in [2.75, 3.05) is 0 Å². The molecule has 0 aliphatic carbocycles. The maximum atomic E-state index is 5.89. The predicted octanol–water partition coefficient (Wildman–Crippen LogP) is 4.30. The van der Waals surface area contributed by atoms with Gasteiger partial charge in [-0.05, 0) is 36.1 Å². The van der Waals surface area contributed by atoms with Crippen molar-refractivity contribution in [3.8, 4) is 10.8 Å². The van der Waals surface area contributed by atoms with Crippen molar-refractivity contribution < 1.29 is 4.42 Å². The molecule has 0 fully saturated rings. The first-order valence-corrected chi connectivity index (χ1v) is 7.83. The second kappa shape index (κ2) is 6.39. The van der Waals surface area contributed by atoms with Crippen LogP contribution in [0.4, 0.5) is 0 Å². The Kier molecular flexibility index (Phi) is 4.34. The third-order valence-electron chi connectivity index (χ3n) is 3.13. The smallest absolute Gasteiger partial charge is 0.257 e. The van der Waals surface area contributed by atoms with Gasteiger partial charge in [0.1, 0.15) is 0 Å². The lowest BCUT2D eigenvalue weighted by atomic mass is 10.1. The van der Waals surface area contributed by atoms with Crippen molar-refractivity contribution in [2.45, 2.75) is 19.5 Å². The van der Waals surface area contributed by atoms with Gasteiger partial charge in [0.25, 0.3) is 5.89 Å². The molecule has 0 amide bonds. The van der Waals surface area contributed by atoms with Crippen LogP contribution < -0.4 is 5.32 Å². The number of nitrogens with one attached hydrogen (secondary N) is 1. The molecule has 1 atom stereocenters. The number of nitrogens with zero attached hydrogens (tertiary/aromatic N) is 2. The molecular formula is C15H14ClN3OS. The summed E-state index contributed by atoms with van der Waals surface area (Å²) in [5.41, 5.74) is 1.16. The second-order valence-corrected chi connectivity index (χ2v) is 6.02. The van der Waals surface area contributed by atoms with Crippen LogP contribution in [0.25, 0.3) is 10.8 Å². The van der Waals surface area contributed by atoms with Crippen LogP contribution in [-0.4, -0.2) is 10.2 Å². The predicted molar refractivity (Wildman–Crippen MR) is 84.3 cm³/mol. The monoisotopic (exact) mass is 319 g/mol. The third kappa shape index (κ3) is 3.50. The minimum atomic E-state index is 0.180. The summed E-state index contributed by atoms with van der Waals surface area (Å²) >= 11 is 7.47. The van der Waals surface area contributed by atoms with Crippen molar-refractivity contribution in [2.24, 2.45) is 0 Å². The van der Waals surface area contributed by atoms with E-state index in [-0.39, 0.29) is 6.04 Å². The van der Waals surface area contributed by atoms with Crippen molar-refractivity contribution >= 4 is 22.9 Å². The van der Waals surface area contributed by atoms with Gasteiger partial charge in [-0.2, -0.15) is 0 Å². The van der Waals surface area contributed by atoms with Gasteiger partial charge >= 0.3 is 0 Å². The Morgan fingerprint density at radius 3 is 2.76 bits per heavy atom. The maximum Gasteiger partial charge on any atom is 0.257 e. The van der Waals surface area contributed by atoms with Crippen LogP contribution in [0.2, 0.25) is 5.02 Å². The quantitative estimate of drug-likeness (QED) is 0.761. The lowest BCUT2D eigenvalue weighted by molar-refractivity contribution is 0.455. The average molecular weight is 320 g/mol. The molecule has 3 rings (SSSR count). The highest BCUT2D eigenvalue weighted by Gasteiger charge is 2.11. The van der Waals surface area contributed by atoms with Gasteiger partial charge in [-0.3, -0.25) is 0 Å². The molecule has 2 heterocycles. The topological polar surface area (TPSA) is 51.0 Å². The molecular weight excluding hydrogens is 306 g/mol. The van der Waals surface area contributed by atoms with E-state index in [2.05, 4.69) is 22.4 Å². The second-order valence-electron chi connectivity index (χ2n) is 4.63. The van der Waals surface area contributed by atoms with Gasteiger partial charge in [-0.15, -0.1) is 21.5 Å². The highest BCUT2D eigenvalue weighted by atomic mass is 35.5. The summed E-state index contributed by atoms with van der Waals surface area (Å²) in [4.78, 5) is 0.986.